The second-order valence-electron chi connectivity index (χ2n) is 3.19. The molecule has 0 amide bonds. The Kier molecular flexibility index (Phi) is 3.02. The first-order valence-corrected chi connectivity index (χ1v) is 5.47. The number of aryl methyl sites for hydroxylation is 1. The van der Waals surface area contributed by atoms with Crippen molar-refractivity contribution in [2.45, 2.75) is 25.9 Å². The van der Waals surface area contributed by atoms with Gasteiger partial charge in [-0.05, 0) is 6.42 Å². The first kappa shape index (κ1) is 10.2. The Morgan fingerprint density at radius 3 is 3.07 bits per heavy atom. The van der Waals surface area contributed by atoms with E-state index in [0.29, 0.717) is 0 Å². The molecule has 0 fully saturated rings. The summed E-state index contributed by atoms with van der Waals surface area (Å²) in [6, 6.07) is -0.287. The van der Waals surface area contributed by atoms with Crippen LogP contribution < -0.4 is 5.73 Å². The fourth-order valence-electron chi connectivity index (χ4n) is 1.35. The molecule has 0 aromatic carbocycles. The third-order valence-corrected chi connectivity index (χ3v) is 2.59. The monoisotopic (exact) mass is 224 g/mol. The summed E-state index contributed by atoms with van der Waals surface area (Å²) in [7, 11) is 0. The Hall–Kier alpha value is -1.34. The second kappa shape index (κ2) is 4.45. The zero-order valence-electron chi connectivity index (χ0n) is 8.37. The molecule has 2 aromatic heterocycles. The van der Waals surface area contributed by atoms with Crippen LogP contribution in [0.5, 0.6) is 0 Å². The average Bonchev–Trinajstić information content (AvgIpc) is 2.87. The van der Waals surface area contributed by atoms with Crippen molar-refractivity contribution >= 4 is 11.7 Å². The van der Waals surface area contributed by atoms with E-state index in [1.165, 1.54) is 0 Å². The lowest BCUT2D eigenvalue weighted by Crippen LogP contribution is -2.17. The van der Waals surface area contributed by atoms with Gasteiger partial charge in [-0.15, -0.1) is 5.10 Å². The van der Waals surface area contributed by atoms with Crippen LogP contribution in [0.4, 0.5) is 0 Å². The minimum atomic E-state index is -0.287. The summed E-state index contributed by atoms with van der Waals surface area (Å²) in [5.74, 6) is 0. The van der Waals surface area contributed by atoms with Crippen molar-refractivity contribution in [2.24, 2.45) is 5.73 Å². The fourth-order valence-corrected chi connectivity index (χ4v) is 1.81. The molecular weight excluding hydrogens is 212 g/mol. The molecular formula is C8H12N6S. The number of hydrogen-bond donors (Lipinski definition) is 1. The van der Waals surface area contributed by atoms with Crippen molar-refractivity contribution in [2.75, 3.05) is 0 Å². The Morgan fingerprint density at radius 1 is 1.53 bits per heavy atom. The summed E-state index contributed by atoms with van der Waals surface area (Å²) in [5.41, 5.74) is 7.68. The number of aromatic nitrogens is 5. The zero-order chi connectivity index (χ0) is 10.7. The van der Waals surface area contributed by atoms with E-state index >= 15 is 0 Å². The molecule has 0 aliphatic carbocycles. The van der Waals surface area contributed by atoms with Gasteiger partial charge in [0, 0.05) is 6.54 Å². The van der Waals surface area contributed by atoms with Crippen LogP contribution in [0.3, 0.4) is 0 Å². The summed E-state index contributed by atoms with van der Waals surface area (Å²) in [5, 5.41) is 7.84. The first-order chi connectivity index (χ1) is 7.33. The van der Waals surface area contributed by atoms with E-state index in [9.17, 15) is 0 Å². The molecule has 2 heterocycles. The van der Waals surface area contributed by atoms with Gasteiger partial charge in [-0.3, -0.25) is 0 Å². The van der Waals surface area contributed by atoms with Gasteiger partial charge < -0.3 is 5.73 Å². The fraction of sp³-hybridized carbons (Fsp3) is 0.500. The standard InChI is InChI=1S/C8H12N6S/c1-2-3-14-7(5-10-13-14)8(9)6-4-11-15-12-6/h4-5,8H,2-3,9H2,1H3. The molecule has 1 atom stereocenters. The van der Waals surface area contributed by atoms with Crippen LogP contribution in [0.1, 0.15) is 30.8 Å². The zero-order valence-corrected chi connectivity index (χ0v) is 9.18. The van der Waals surface area contributed by atoms with Gasteiger partial charge in [-0.2, -0.15) is 8.75 Å². The summed E-state index contributed by atoms with van der Waals surface area (Å²) in [6.45, 7) is 2.90. The minimum Gasteiger partial charge on any atom is -0.318 e. The van der Waals surface area contributed by atoms with Gasteiger partial charge in [-0.1, -0.05) is 12.1 Å². The molecule has 0 saturated heterocycles. The van der Waals surface area contributed by atoms with Crippen LogP contribution in [-0.4, -0.2) is 23.7 Å². The van der Waals surface area contributed by atoms with Gasteiger partial charge in [0.1, 0.15) is 0 Å². The summed E-state index contributed by atoms with van der Waals surface area (Å²) in [6.07, 6.45) is 4.36. The quantitative estimate of drug-likeness (QED) is 0.821. The second-order valence-corrected chi connectivity index (χ2v) is 3.75. The smallest absolute Gasteiger partial charge is 0.0971 e. The summed E-state index contributed by atoms with van der Waals surface area (Å²) < 4.78 is 9.85. The highest BCUT2D eigenvalue weighted by Gasteiger charge is 2.16. The molecule has 6 nitrogen and oxygen atoms in total. The molecule has 80 valence electrons. The molecule has 0 saturated carbocycles. The SMILES string of the molecule is CCCn1nncc1C(N)c1cnsn1. The Balaban J connectivity index is 2.25. The third-order valence-electron chi connectivity index (χ3n) is 2.10. The molecule has 0 aliphatic rings. The van der Waals surface area contributed by atoms with Crippen molar-refractivity contribution in [1.82, 2.24) is 23.7 Å². The predicted molar refractivity (Wildman–Crippen MR) is 56.3 cm³/mol. The Labute approximate surface area is 91.4 Å². The van der Waals surface area contributed by atoms with E-state index in [4.69, 9.17) is 5.73 Å². The third kappa shape index (κ3) is 2.02. The van der Waals surface area contributed by atoms with Crippen LogP contribution in [-0.2, 0) is 6.54 Å². The lowest BCUT2D eigenvalue weighted by atomic mass is 10.2. The summed E-state index contributed by atoms with van der Waals surface area (Å²) in [4.78, 5) is 0. The number of nitrogens with two attached hydrogens (primary N) is 1. The maximum absolute atomic E-state index is 6.04. The number of hydrogen-bond acceptors (Lipinski definition) is 6. The molecule has 2 N–H and O–H groups in total. The van der Waals surface area contributed by atoms with Gasteiger partial charge in [0.2, 0.25) is 0 Å². The molecule has 0 radical (unpaired) electrons. The normalized spacial score (nSPS) is 12.9. The van der Waals surface area contributed by atoms with Gasteiger partial charge in [0.05, 0.1) is 41.6 Å². The van der Waals surface area contributed by atoms with Gasteiger partial charge >= 0.3 is 0 Å². The van der Waals surface area contributed by atoms with Crippen molar-refractivity contribution in [3.8, 4) is 0 Å². The Bertz CT molecular complexity index is 408. The number of rotatable bonds is 4. The molecule has 0 bridgehead atoms. The molecule has 2 aromatic rings. The molecule has 2 rings (SSSR count). The van der Waals surface area contributed by atoms with E-state index in [0.717, 1.165) is 36.1 Å². The largest absolute Gasteiger partial charge is 0.318 e. The average molecular weight is 224 g/mol. The highest BCUT2D eigenvalue weighted by atomic mass is 32.1. The predicted octanol–water partition coefficient (Wildman–Crippen LogP) is 0.588. The maximum Gasteiger partial charge on any atom is 0.0971 e. The van der Waals surface area contributed by atoms with Crippen LogP contribution in [0, 0.1) is 0 Å². The first-order valence-electron chi connectivity index (χ1n) is 4.74. The van der Waals surface area contributed by atoms with E-state index < -0.39 is 0 Å². The van der Waals surface area contributed by atoms with Crippen molar-refractivity contribution in [3.05, 3.63) is 23.8 Å². The Morgan fingerprint density at radius 2 is 2.40 bits per heavy atom. The lowest BCUT2D eigenvalue weighted by Gasteiger charge is -2.09. The van der Waals surface area contributed by atoms with E-state index in [1.807, 2.05) is 4.68 Å². The van der Waals surface area contributed by atoms with Crippen molar-refractivity contribution < 1.29 is 0 Å². The van der Waals surface area contributed by atoms with E-state index in [1.54, 1.807) is 12.4 Å². The van der Waals surface area contributed by atoms with Crippen molar-refractivity contribution in [3.63, 3.8) is 0 Å². The van der Waals surface area contributed by atoms with Crippen LogP contribution in [0.25, 0.3) is 0 Å². The van der Waals surface area contributed by atoms with Crippen LogP contribution in [0.15, 0.2) is 12.4 Å². The van der Waals surface area contributed by atoms with Gasteiger partial charge in [0.25, 0.3) is 0 Å². The highest BCUT2D eigenvalue weighted by Crippen LogP contribution is 2.16. The lowest BCUT2D eigenvalue weighted by molar-refractivity contribution is 0.542. The van der Waals surface area contributed by atoms with E-state index in [2.05, 4.69) is 26.0 Å². The summed E-state index contributed by atoms with van der Waals surface area (Å²) >= 11 is 1.15. The van der Waals surface area contributed by atoms with E-state index in [-0.39, 0.29) is 6.04 Å². The van der Waals surface area contributed by atoms with Gasteiger partial charge in [-0.25, -0.2) is 4.68 Å². The topological polar surface area (TPSA) is 82.5 Å². The van der Waals surface area contributed by atoms with Gasteiger partial charge in [0.15, 0.2) is 0 Å². The minimum absolute atomic E-state index is 0.287. The molecule has 0 spiro atoms. The molecule has 7 heteroatoms. The van der Waals surface area contributed by atoms with Crippen LogP contribution >= 0.6 is 11.7 Å². The highest BCUT2D eigenvalue weighted by molar-refractivity contribution is 6.99. The maximum atomic E-state index is 6.04. The number of nitrogens with zero attached hydrogens (tertiary/aromatic N) is 5. The molecule has 0 aliphatic heterocycles. The van der Waals surface area contributed by atoms with Crippen LogP contribution in [0.2, 0.25) is 0 Å². The molecule has 1 unspecified atom stereocenters. The molecule has 15 heavy (non-hydrogen) atoms. The van der Waals surface area contributed by atoms with Crippen molar-refractivity contribution in [1.29, 1.82) is 0 Å².